The Labute approximate surface area is 137 Å². The van der Waals surface area contributed by atoms with Gasteiger partial charge in [0, 0.05) is 31.1 Å². The SMILES string of the molecule is CC[C@H](C)NC(=O)c1cn2c(n1)CC[C@H](c1ccccc1C)C2. The van der Waals surface area contributed by atoms with E-state index in [9.17, 15) is 4.79 Å². The first-order valence-corrected chi connectivity index (χ1v) is 8.51. The van der Waals surface area contributed by atoms with Crippen LogP contribution in [-0.2, 0) is 13.0 Å². The van der Waals surface area contributed by atoms with Crippen LogP contribution in [-0.4, -0.2) is 21.5 Å². The number of carbonyl (C=O) groups is 1. The van der Waals surface area contributed by atoms with Crippen molar-refractivity contribution in [3.8, 4) is 0 Å². The van der Waals surface area contributed by atoms with E-state index in [0.29, 0.717) is 11.6 Å². The monoisotopic (exact) mass is 311 g/mol. The molecule has 0 aliphatic carbocycles. The van der Waals surface area contributed by atoms with Crippen molar-refractivity contribution >= 4 is 5.91 Å². The zero-order valence-corrected chi connectivity index (χ0v) is 14.2. The normalized spacial score (nSPS) is 18.3. The largest absolute Gasteiger partial charge is 0.348 e. The van der Waals surface area contributed by atoms with E-state index in [0.717, 1.165) is 31.6 Å². The number of benzene rings is 1. The van der Waals surface area contributed by atoms with Crippen molar-refractivity contribution in [3.63, 3.8) is 0 Å². The highest BCUT2D eigenvalue weighted by Gasteiger charge is 2.24. The van der Waals surface area contributed by atoms with Crippen LogP contribution in [0.25, 0.3) is 0 Å². The molecule has 0 saturated carbocycles. The van der Waals surface area contributed by atoms with Crippen molar-refractivity contribution in [2.45, 2.75) is 58.5 Å². The molecular weight excluding hydrogens is 286 g/mol. The molecule has 1 aliphatic rings. The molecule has 1 amide bonds. The fourth-order valence-corrected chi connectivity index (χ4v) is 3.25. The second-order valence-corrected chi connectivity index (χ2v) is 6.57. The Morgan fingerprint density at radius 3 is 2.96 bits per heavy atom. The van der Waals surface area contributed by atoms with Crippen LogP contribution in [0.15, 0.2) is 30.5 Å². The summed E-state index contributed by atoms with van der Waals surface area (Å²) in [5.74, 6) is 1.47. The number of aromatic nitrogens is 2. The van der Waals surface area contributed by atoms with Crippen LogP contribution in [0.4, 0.5) is 0 Å². The lowest BCUT2D eigenvalue weighted by Gasteiger charge is -2.25. The lowest BCUT2D eigenvalue weighted by molar-refractivity contribution is 0.0934. The Bertz CT molecular complexity index is 704. The fraction of sp³-hybridized carbons (Fsp3) is 0.474. The van der Waals surface area contributed by atoms with Crippen molar-refractivity contribution in [2.24, 2.45) is 0 Å². The molecule has 2 aromatic rings. The third-order valence-corrected chi connectivity index (χ3v) is 4.84. The average Bonchev–Trinajstić information content (AvgIpc) is 2.98. The standard InChI is InChI=1S/C19H25N3O/c1-4-14(3)20-19(23)17-12-22-11-15(9-10-18(22)21-17)16-8-6-5-7-13(16)2/h5-8,12,14-15H,4,9-11H2,1-3H3,(H,20,23)/t14-,15-/m0/s1. The van der Waals surface area contributed by atoms with Gasteiger partial charge in [-0.3, -0.25) is 4.79 Å². The summed E-state index contributed by atoms with van der Waals surface area (Å²) in [6.45, 7) is 7.16. The number of imidazole rings is 1. The molecule has 1 aliphatic heterocycles. The number of nitrogens with zero attached hydrogens (tertiary/aromatic N) is 2. The van der Waals surface area contributed by atoms with Gasteiger partial charge in [-0.15, -0.1) is 0 Å². The minimum atomic E-state index is -0.0614. The molecule has 1 aromatic carbocycles. The van der Waals surface area contributed by atoms with Gasteiger partial charge in [-0.25, -0.2) is 4.98 Å². The number of rotatable bonds is 4. The van der Waals surface area contributed by atoms with Crippen molar-refractivity contribution < 1.29 is 4.79 Å². The molecule has 23 heavy (non-hydrogen) atoms. The van der Waals surface area contributed by atoms with Gasteiger partial charge in [-0.2, -0.15) is 0 Å². The first kappa shape index (κ1) is 15.8. The quantitative estimate of drug-likeness (QED) is 0.940. The van der Waals surface area contributed by atoms with E-state index in [4.69, 9.17) is 0 Å². The number of carbonyl (C=O) groups excluding carboxylic acids is 1. The van der Waals surface area contributed by atoms with Gasteiger partial charge >= 0.3 is 0 Å². The van der Waals surface area contributed by atoms with Crippen molar-refractivity contribution in [2.75, 3.05) is 0 Å². The third kappa shape index (κ3) is 3.31. The number of nitrogens with one attached hydrogen (secondary N) is 1. The summed E-state index contributed by atoms with van der Waals surface area (Å²) in [7, 11) is 0. The van der Waals surface area contributed by atoms with Crippen molar-refractivity contribution in [1.29, 1.82) is 0 Å². The molecule has 1 aromatic heterocycles. The van der Waals surface area contributed by atoms with E-state index in [1.807, 2.05) is 13.1 Å². The zero-order valence-electron chi connectivity index (χ0n) is 14.2. The molecular formula is C19H25N3O. The second kappa shape index (κ2) is 6.57. The van der Waals surface area contributed by atoms with Gasteiger partial charge in [0.2, 0.25) is 0 Å². The molecule has 0 saturated heterocycles. The van der Waals surface area contributed by atoms with Crippen LogP contribution in [0.1, 0.15) is 60.0 Å². The predicted octanol–water partition coefficient (Wildman–Crippen LogP) is 3.45. The summed E-state index contributed by atoms with van der Waals surface area (Å²) >= 11 is 0. The van der Waals surface area contributed by atoms with E-state index in [-0.39, 0.29) is 11.9 Å². The number of hydrogen-bond donors (Lipinski definition) is 1. The summed E-state index contributed by atoms with van der Waals surface area (Å²) in [4.78, 5) is 16.8. The fourth-order valence-electron chi connectivity index (χ4n) is 3.25. The van der Waals surface area contributed by atoms with Gasteiger partial charge < -0.3 is 9.88 Å². The number of amides is 1. The molecule has 2 heterocycles. The molecule has 0 unspecified atom stereocenters. The van der Waals surface area contributed by atoms with Gasteiger partial charge in [-0.05, 0) is 37.8 Å². The summed E-state index contributed by atoms with van der Waals surface area (Å²) in [6.07, 6.45) is 4.86. The molecule has 1 N–H and O–H groups in total. The van der Waals surface area contributed by atoms with Gasteiger partial charge in [0.1, 0.15) is 11.5 Å². The van der Waals surface area contributed by atoms with E-state index >= 15 is 0 Å². The predicted molar refractivity (Wildman–Crippen MR) is 91.7 cm³/mol. The Morgan fingerprint density at radius 2 is 2.22 bits per heavy atom. The van der Waals surface area contributed by atoms with Crippen LogP contribution in [0.2, 0.25) is 0 Å². The smallest absolute Gasteiger partial charge is 0.271 e. The Hall–Kier alpha value is -2.10. The van der Waals surface area contributed by atoms with Gasteiger partial charge in [0.05, 0.1) is 0 Å². The molecule has 122 valence electrons. The minimum absolute atomic E-state index is 0.0614. The second-order valence-electron chi connectivity index (χ2n) is 6.57. The maximum absolute atomic E-state index is 12.3. The highest BCUT2D eigenvalue weighted by atomic mass is 16.2. The molecule has 4 nitrogen and oxygen atoms in total. The molecule has 0 radical (unpaired) electrons. The molecule has 3 rings (SSSR count). The average molecular weight is 311 g/mol. The van der Waals surface area contributed by atoms with Gasteiger partial charge in [0.15, 0.2) is 0 Å². The third-order valence-electron chi connectivity index (χ3n) is 4.84. The lowest BCUT2D eigenvalue weighted by Crippen LogP contribution is -2.32. The Kier molecular flexibility index (Phi) is 4.51. The van der Waals surface area contributed by atoms with Crippen molar-refractivity contribution in [3.05, 3.63) is 53.1 Å². The number of aryl methyl sites for hydroxylation is 2. The first-order chi connectivity index (χ1) is 11.1. The molecule has 2 atom stereocenters. The Morgan fingerprint density at radius 1 is 1.43 bits per heavy atom. The van der Waals surface area contributed by atoms with E-state index in [1.165, 1.54) is 11.1 Å². The summed E-state index contributed by atoms with van der Waals surface area (Å²) in [5, 5.41) is 2.99. The number of hydrogen-bond acceptors (Lipinski definition) is 2. The number of fused-ring (bicyclic) bond motifs is 1. The maximum Gasteiger partial charge on any atom is 0.271 e. The first-order valence-electron chi connectivity index (χ1n) is 8.51. The molecule has 0 bridgehead atoms. The van der Waals surface area contributed by atoms with E-state index in [2.05, 4.69) is 53.0 Å². The topological polar surface area (TPSA) is 46.9 Å². The highest BCUT2D eigenvalue weighted by molar-refractivity contribution is 5.92. The minimum Gasteiger partial charge on any atom is -0.348 e. The summed E-state index contributed by atoms with van der Waals surface area (Å²) in [6, 6.07) is 8.77. The van der Waals surface area contributed by atoms with Gasteiger partial charge in [0.25, 0.3) is 5.91 Å². The van der Waals surface area contributed by atoms with Crippen molar-refractivity contribution in [1.82, 2.24) is 14.9 Å². The van der Waals surface area contributed by atoms with E-state index in [1.54, 1.807) is 0 Å². The molecule has 0 spiro atoms. The lowest BCUT2D eigenvalue weighted by atomic mass is 9.89. The van der Waals surface area contributed by atoms with Crippen LogP contribution in [0.5, 0.6) is 0 Å². The van der Waals surface area contributed by atoms with Crippen LogP contribution in [0.3, 0.4) is 0 Å². The summed E-state index contributed by atoms with van der Waals surface area (Å²) < 4.78 is 2.16. The maximum atomic E-state index is 12.3. The summed E-state index contributed by atoms with van der Waals surface area (Å²) in [5.41, 5.74) is 3.30. The molecule has 4 heteroatoms. The van der Waals surface area contributed by atoms with E-state index < -0.39 is 0 Å². The van der Waals surface area contributed by atoms with Crippen LogP contribution in [0, 0.1) is 6.92 Å². The zero-order chi connectivity index (χ0) is 16.4. The highest BCUT2D eigenvalue weighted by Crippen LogP contribution is 2.30. The molecule has 0 fully saturated rings. The van der Waals surface area contributed by atoms with Crippen LogP contribution >= 0.6 is 0 Å². The van der Waals surface area contributed by atoms with Gasteiger partial charge in [-0.1, -0.05) is 31.2 Å². The Balaban J connectivity index is 1.77. The van der Waals surface area contributed by atoms with Crippen LogP contribution < -0.4 is 5.32 Å².